The average molecular weight is 364 g/mol. The van der Waals surface area contributed by atoms with Gasteiger partial charge in [0.1, 0.15) is 0 Å². The molecule has 0 aromatic rings. The Bertz CT molecular complexity index is 448. The third-order valence-corrected chi connectivity index (χ3v) is 6.56. The summed E-state index contributed by atoms with van der Waals surface area (Å²) in [5.74, 6) is 1.24. The molecule has 26 heavy (non-hydrogen) atoms. The van der Waals surface area contributed by atoms with E-state index in [1.54, 1.807) is 0 Å². The molecule has 3 aliphatic rings. The molecule has 0 spiro atoms. The molecule has 0 aromatic carbocycles. The lowest BCUT2D eigenvalue weighted by Crippen LogP contribution is -2.50. The van der Waals surface area contributed by atoms with E-state index in [9.17, 15) is 9.59 Å². The van der Waals surface area contributed by atoms with Crippen molar-refractivity contribution in [2.24, 2.45) is 11.8 Å². The van der Waals surface area contributed by atoms with E-state index < -0.39 is 0 Å². The van der Waals surface area contributed by atoms with Crippen molar-refractivity contribution in [1.82, 2.24) is 15.1 Å². The van der Waals surface area contributed by atoms with Gasteiger partial charge in [0.05, 0.1) is 0 Å². The summed E-state index contributed by atoms with van der Waals surface area (Å²) < 4.78 is 0. The van der Waals surface area contributed by atoms with Gasteiger partial charge in [-0.1, -0.05) is 38.5 Å². The normalized spacial score (nSPS) is 23.8. The maximum Gasteiger partial charge on any atom is 0.225 e. The molecule has 3 fully saturated rings. The third-order valence-electron chi connectivity index (χ3n) is 6.56. The molecular formula is C21H37N3O2. The van der Waals surface area contributed by atoms with Crippen LogP contribution in [-0.2, 0) is 9.59 Å². The van der Waals surface area contributed by atoms with Gasteiger partial charge in [0.25, 0.3) is 0 Å². The highest BCUT2D eigenvalue weighted by Crippen LogP contribution is 2.26. The van der Waals surface area contributed by atoms with Crippen LogP contribution in [0.15, 0.2) is 0 Å². The minimum atomic E-state index is 0.262. The molecular weight excluding hydrogens is 326 g/mol. The lowest BCUT2D eigenvalue weighted by Gasteiger charge is -2.37. The van der Waals surface area contributed by atoms with Crippen molar-refractivity contribution in [2.45, 2.75) is 70.6 Å². The molecule has 148 valence electrons. The van der Waals surface area contributed by atoms with Gasteiger partial charge in [0.2, 0.25) is 11.8 Å². The quantitative estimate of drug-likeness (QED) is 0.738. The highest BCUT2D eigenvalue weighted by molar-refractivity contribution is 5.79. The molecule has 1 saturated heterocycles. The Morgan fingerprint density at radius 1 is 0.769 bits per heavy atom. The van der Waals surface area contributed by atoms with Crippen LogP contribution >= 0.6 is 0 Å². The first-order chi connectivity index (χ1) is 12.7. The van der Waals surface area contributed by atoms with Gasteiger partial charge in [-0.3, -0.25) is 14.5 Å². The van der Waals surface area contributed by atoms with E-state index >= 15 is 0 Å². The van der Waals surface area contributed by atoms with Gasteiger partial charge in [-0.05, 0) is 38.6 Å². The molecule has 0 radical (unpaired) electrons. The number of nitrogens with zero attached hydrogens (tertiary/aromatic N) is 2. The maximum absolute atomic E-state index is 12.6. The van der Waals surface area contributed by atoms with E-state index in [-0.39, 0.29) is 11.8 Å². The van der Waals surface area contributed by atoms with E-state index in [1.165, 1.54) is 38.5 Å². The van der Waals surface area contributed by atoms with Gasteiger partial charge in [-0.2, -0.15) is 0 Å². The standard InChI is InChI=1S/C21H37N3O2/c25-20(18-8-3-1-4-9-18)22-12-7-13-23-14-16-24(17-15-23)21(26)19-10-5-2-6-11-19/h18-19H,1-17H2,(H,22,25). The van der Waals surface area contributed by atoms with Crippen LogP contribution in [0.2, 0.25) is 0 Å². The molecule has 0 atom stereocenters. The molecule has 2 aliphatic carbocycles. The van der Waals surface area contributed by atoms with Crippen LogP contribution in [0.3, 0.4) is 0 Å². The predicted molar refractivity (Wildman–Crippen MR) is 104 cm³/mol. The number of carbonyl (C=O) groups is 2. The van der Waals surface area contributed by atoms with Gasteiger partial charge in [-0.25, -0.2) is 0 Å². The number of rotatable bonds is 6. The Labute approximate surface area is 158 Å². The SMILES string of the molecule is O=C(NCCCN1CCN(C(=O)C2CCCCC2)CC1)C1CCCCC1. The van der Waals surface area contributed by atoms with Gasteiger partial charge in [-0.15, -0.1) is 0 Å². The summed E-state index contributed by atoms with van der Waals surface area (Å²) in [5.41, 5.74) is 0. The van der Waals surface area contributed by atoms with E-state index in [1.807, 2.05) is 0 Å². The fraction of sp³-hybridized carbons (Fsp3) is 0.905. The maximum atomic E-state index is 12.6. The molecule has 1 aliphatic heterocycles. The molecule has 5 heteroatoms. The smallest absolute Gasteiger partial charge is 0.225 e. The summed E-state index contributed by atoms with van der Waals surface area (Å²) in [5, 5.41) is 3.13. The van der Waals surface area contributed by atoms with Crippen molar-refractivity contribution in [2.75, 3.05) is 39.3 Å². The first-order valence-electron chi connectivity index (χ1n) is 11.0. The average Bonchev–Trinajstić information content (AvgIpc) is 2.72. The largest absolute Gasteiger partial charge is 0.356 e. The van der Waals surface area contributed by atoms with Crippen LogP contribution < -0.4 is 5.32 Å². The van der Waals surface area contributed by atoms with E-state index in [0.29, 0.717) is 11.8 Å². The summed E-state index contributed by atoms with van der Waals surface area (Å²) in [6.07, 6.45) is 12.8. The zero-order valence-corrected chi connectivity index (χ0v) is 16.4. The second-order valence-corrected chi connectivity index (χ2v) is 8.48. The molecule has 2 amide bonds. The van der Waals surface area contributed by atoms with E-state index in [2.05, 4.69) is 15.1 Å². The summed E-state index contributed by atoms with van der Waals surface area (Å²) >= 11 is 0. The van der Waals surface area contributed by atoms with Crippen molar-refractivity contribution in [3.05, 3.63) is 0 Å². The monoisotopic (exact) mass is 363 g/mol. The molecule has 0 unspecified atom stereocenters. The minimum Gasteiger partial charge on any atom is -0.356 e. The van der Waals surface area contributed by atoms with Crippen molar-refractivity contribution in [1.29, 1.82) is 0 Å². The summed E-state index contributed by atoms with van der Waals surface area (Å²) in [4.78, 5) is 29.3. The van der Waals surface area contributed by atoms with Gasteiger partial charge < -0.3 is 10.2 Å². The zero-order valence-electron chi connectivity index (χ0n) is 16.4. The Balaban J connectivity index is 1.27. The summed E-state index contributed by atoms with van der Waals surface area (Å²) in [7, 11) is 0. The third kappa shape index (κ3) is 5.70. The van der Waals surface area contributed by atoms with Crippen LogP contribution in [0.1, 0.15) is 70.6 Å². The predicted octanol–water partition coefficient (Wildman–Crippen LogP) is 2.80. The Morgan fingerprint density at radius 2 is 1.35 bits per heavy atom. The van der Waals surface area contributed by atoms with E-state index in [4.69, 9.17) is 0 Å². The Kier molecular flexibility index (Phi) is 7.78. The zero-order chi connectivity index (χ0) is 18.2. The van der Waals surface area contributed by atoms with Crippen molar-refractivity contribution >= 4 is 11.8 Å². The molecule has 0 bridgehead atoms. The molecule has 1 N–H and O–H groups in total. The summed E-state index contributed by atoms with van der Waals surface area (Å²) in [6.45, 7) is 5.53. The van der Waals surface area contributed by atoms with Crippen LogP contribution in [-0.4, -0.2) is 60.9 Å². The number of hydrogen-bond donors (Lipinski definition) is 1. The molecule has 2 saturated carbocycles. The number of amides is 2. The molecule has 0 aromatic heterocycles. The van der Waals surface area contributed by atoms with Crippen molar-refractivity contribution < 1.29 is 9.59 Å². The van der Waals surface area contributed by atoms with Crippen LogP contribution in [0, 0.1) is 11.8 Å². The second-order valence-electron chi connectivity index (χ2n) is 8.48. The molecule has 1 heterocycles. The van der Waals surface area contributed by atoms with Crippen molar-refractivity contribution in [3.8, 4) is 0 Å². The highest BCUT2D eigenvalue weighted by atomic mass is 16.2. The first-order valence-corrected chi connectivity index (χ1v) is 11.0. The number of nitrogens with one attached hydrogen (secondary N) is 1. The van der Waals surface area contributed by atoms with Crippen LogP contribution in [0.25, 0.3) is 0 Å². The first kappa shape index (κ1) is 19.7. The number of carbonyl (C=O) groups excluding carboxylic acids is 2. The fourth-order valence-corrected chi connectivity index (χ4v) is 4.82. The van der Waals surface area contributed by atoms with Gasteiger partial charge in [0.15, 0.2) is 0 Å². The number of piperazine rings is 1. The Hall–Kier alpha value is -1.10. The molecule has 3 rings (SSSR count). The lowest BCUT2D eigenvalue weighted by molar-refractivity contribution is -0.138. The van der Waals surface area contributed by atoms with Gasteiger partial charge >= 0.3 is 0 Å². The summed E-state index contributed by atoms with van der Waals surface area (Å²) in [6, 6.07) is 0. The lowest BCUT2D eigenvalue weighted by atomic mass is 9.88. The second kappa shape index (κ2) is 10.3. The number of hydrogen-bond acceptors (Lipinski definition) is 3. The Morgan fingerprint density at radius 3 is 1.96 bits per heavy atom. The van der Waals surface area contributed by atoms with Gasteiger partial charge in [0, 0.05) is 44.6 Å². The fourth-order valence-electron chi connectivity index (χ4n) is 4.82. The minimum absolute atomic E-state index is 0.262. The van der Waals surface area contributed by atoms with Crippen LogP contribution in [0.4, 0.5) is 0 Å². The van der Waals surface area contributed by atoms with E-state index in [0.717, 1.165) is 71.4 Å². The topological polar surface area (TPSA) is 52.7 Å². The van der Waals surface area contributed by atoms with Crippen LogP contribution in [0.5, 0.6) is 0 Å². The molecule has 5 nitrogen and oxygen atoms in total. The van der Waals surface area contributed by atoms with Crippen molar-refractivity contribution in [3.63, 3.8) is 0 Å². The highest BCUT2D eigenvalue weighted by Gasteiger charge is 2.28.